The van der Waals surface area contributed by atoms with Crippen LogP contribution in [0.25, 0.3) is 5.57 Å². The zero-order chi connectivity index (χ0) is 8.10. The normalized spacial score (nSPS) is 11.3. The lowest BCUT2D eigenvalue weighted by Gasteiger charge is -1.97. The van der Waals surface area contributed by atoms with Crippen LogP contribution in [0.4, 0.5) is 0 Å². The lowest BCUT2D eigenvalue weighted by molar-refractivity contribution is 0.339. The molecule has 1 aromatic heterocycles. The molecule has 11 heavy (non-hydrogen) atoms. The Kier molecular flexibility index (Phi) is 2.60. The quantitative estimate of drug-likeness (QED) is 0.599. The standard InChI is InChI=1S/C8H10N2O/c1-7(6-11-2)8-5-9-3-4-10-8/h3-6H,1-2H3/b7-6+. The fourth-order valence-corrected chi connectivity index (χ4v) is 0.740. The van der Waals surface area contributed by atoms with Crippen LogP contribution in [0.1, 0.15) is 12.6 Å². The molecule has 3 nitrogen and oxygen atoms in total. The highest BCUT2D eigenvalue weighted by Gasteiger charge is 1.94. The summed E-state index contributed by atoms with van der Waals surface area (Å²) < 4.78 is 4.83. The molecule has 0 spiro atoms. The van der Waals surface area contributed by atoms with Crippen LogP contribution in [0, 0.1) is 0 Å². The highest BCUT2D eigenvalue weighted by Crippen LogP contribution is 2.07. The monoisotopic (exact) mass is 150 g/mol. The lowest BCUT2D eigenvalue weighted by atomic mass is 10.2. The topological polar surface area (TPSA) is 35.0 Å². The molecular formula is C8H10N2O. The molecule has 0 amide bonds. The van der Waals surface area contributed by atoms with Gasteiger partial charge in [-0.1, -0.05) is 0 Å². The van der Waals surface area contributed by atoms with Gasteiger partial charge in [-0.3, -0.25) is 9.97 Å². The Morgan fingerprint density at radius 1 is 1.55 bits per heavy atom. The van der Waals surface area contributed by atoms with Crippen molar-refractivity contribution in [2.45, 2.75) is 6.92 Å². The van der Waals surface area contributed by atoms with Crippen LogP contribution in [0.5, 0.6) is 0 Å². The van der Waals surface area contributed by atoms with Gasteiger partial charge < -0.3 is 4.74 Å². The van der Waals surface area contributed by atoms with Gasteiger partial charge in [-0.2, -0.15) is 0 Å². The van der Waals surface area contributed by atoms with Gasteiger partial charge in [0.15, 0.2) is 0 Å². The van der Waals surface area contributed by atoms with E-state index in [0.717, 1.165) is 11.3 Å². The van der Waals surface area contributed by atoms with E-state index in [1.165, 1.54) is 0 Å². The van der Waals surface area contributed by atoms with Crippen LogP contribution >= 0.6 is 0 Å². The van der Waals surface area contributed by atoms with E-state index in [9.17, 15) is 0 Å². The van der Waals surface area contributed by atoms with E-state index in [1.807, 2.05) is 6.92 Å². The Morgan fingerprint density at radius 2 is 2.36 bits per heavy atom. The number of nitrogens with zero attached hydrogens (tertiary/aromatic N) is 2. The van der Waals surface area contributed by atoms with Crippen molar-refractivity contribution in [3.8, 4) is 0 Å². The van der Waals surface area contributed by atoms with Crippen LogP contribution in [0.3, 0.4) is 0 Å². The minimum Gasteiger partial charge on any atom is -0.504 e. The second-order valence-corrected chi connectivity index (χ2v) is 2.13. The third kappa shape index (κ3) is 2.04. The van der Waals surface area contributed by atoms with E-state index < -0.39 is 0 Å². The Morgan fingerprint density at radius 3 is 2.91 bits per heavy atom. The maximum Gasteiger partial charge on any atom is 0.0875 e. The largest absolute Gasteiger partial charge is 0.504 e. The van der Waals surface area contributed by atoms with Crippen LogP contribution in [0.15, 0.2) is 24.9 Å². The predicted octanol–water partition coefficient (Wildman–Crippen LogP) is 1.48. The Bertz CT molecular complexity index is 244. The first-order chi connectivity index (χ1) is 5.34. The summed E-state index contributed by atoms with van der Waals surface area (Å²) in [4.78, 5) is 8.02. The molecule has 1 heterocycles. The fourth-order valence-electron chi connectivity index (χ4n) is 0.740. The molecule has 0 atom stereocenters. The number of rotatable bonds is 2. The van der Waals surface area contributed by atoms with Gasteiger partial charge in [-0.25, -0.2) is 0 Å². The maximum atomic E-state index is 4.83. The first-order valence-electron chi connectivity index (χ1n) is 3.30. The summed E-state index contributed by atoms with van der Waals surface area (Å²) in [5.41, 5.74) is 1.81. The van der Waals surface area contributed by atoms with E-state index in [-0.39, 0.29) is 0 Å². The van der Waals surface area contributed by atoms with E-state index in [2.05, 4.69) is 9.97 Å². The molecule has 1 aromatic rings. The highest BCUT2D eigenvalue weighted by molar-refractivity contribution is 5.57. The van der Waals surface area contributed by atoms with Crippen LogP contribution in [0.2, 0.25) is 0 Å². The summed E-state index contributed by atoms with van der Waals surface area (Å²) in [5.74, 6) is 0. The molecule has 0 unspecified atom stereocenters. The van der Waals surface area contributed by atoms with Crippen LogP contribution in [-0.2, 0) is 4.74 Å². The number of ether oxygens (including phenoxy) is 1. The molecule has 0 aromatic carbocycles. The van der Waals surface area contributed by atoms with Gasteiger partial charge in [-0.15, -0.1) is 0 Å². The molecule has 0 bridgehead atoms. The van der Waals surface area contributed by atoms with Crippen molar-refractivity contribution < 1.29 is 4.74 Å². The summed E-state index contributed by atoms with van der Waals surface area (Å²) in [6.45, 7) is 1.92. The zero-order valence-corrected chi connectivity index (χ0v) is 6.61. The van der Waals surface area contributed by atoms with Crippen molar-refractivity contribution in [1.82, 2.24) is 9.97 Å². The average molecular weight is 150 g/mol. The van der Waals surface area contributed by atoms with Crippen molar-refractivity contribution in [2.24, 2.45) is 0 Å². The summed E-state index contributed by atoms with van der Waals surface area (Å²) in [7, 11) is 1.61. The van der Waals surface area contributed by atoms with Crippen molar-refractivity contribution in [2.75, 3.05) is 7.11 Å². The van der Waals surface area contributed by atoms with Gasteiger partial charge >= 0.3 is 0 Å². The van der Waals surface area contributed by atoms with E-state index in [1.54, 1.807) is 32.0 Å². The third-order valence-corrected chi connectivity index (χ3v) is 1.26. The van der Waals surface area contributed by atoms with Crippen LogP contribution in [-0.4, -0.2) is 17.1 Å². The number of allylic oxidation sites excluding steroid dienone is 1. The van der Waals surface area contributed by atoms with Gasteiger partial charge in [0.1, 0.15) is 0 Å². The van der Waals surface area contributed by atoms with Gasteiger partial charge in [0, 0.05) is 18.0 Å². The molecule has 0 aliphatic heterocycles. The SMILES string of the molecule is CO/C=C(\C)c1cnccn1. The predicted molar refractivity (Wildman–Crippen MR) is 42.7 cm³/mol. The molecular weight excluding hydrogens is 140 g/mol. The van der Waals surface area contributed by atoms with Crippen molar-refractivity contribution >= 4 is 5.57 Å². The number of hydrogen-bond donors (Lipinski definition) is 0. The molecule has 1 rings (SSSR count). The lowest BCUT2D eigenvalue weighted by Crippen LogP contribution is -1.86. The third-order valence-electron chi connectivity index (χ3n) is 1.26. The molecule has 0 radical (unpaired) electrons. The smallest absolute Gasteiger partial charge is 0.0875 e. The Labute approximate surface area is 65.8 Å². The maximum absolute atomic E-state index is 4.83. The second-order valence-electron chi connectivity index (χ2n) is 2.13. The first-order valence-corrected chi connectivity index (χ1v) is 3.30. The van der Waals surface area contributed by atoms with Crippen molar-refractivity contribution in [3.05, 3.63) is 30.5 Å². The molecule has 3 heteroatoms. The fraction of sp³-hybridized carbons (Fsp3) is 0.250. The molecule has 0 N–H and O–H groups in total. The number of methoxy groups -OCH3 is 1. The summed E-state index contributed by atoms with van der Waals surface area (Å²) in [6, 6.07) is 0. The molecule has 0 saturated heterocycles. The summed E-state index contributed by atoms with van der Waals surface area (Å²) >= 11 is 0. The molecule has 0 aliphatic carbocycles. The molecule has 58 valence electrons. The highest BCUT2D eigenvalue weighted by atomic mass is 16.5. The van der Waals surface area contributed by atoms with Gasteiger partial charge in [0.05, 0.1) is 25.3 Å². The number of aromatic nitrogens is 2. The van der Waals surface area contributed by atoms with E-state index >= 15 is 0 Å². The summed E-state index contributed by atoms with van der Waals surface area (Å²) in [6.07, 6.45) is 6.64. The molecule has 0 fully saturated rings. The Hall–Kier alpha value is -1.38. The van der Waals surface area contributed by atoms with Gasteiger partial charge in [-0.05, 0) is 6.92 Å². The van der Waals surface area contributed by atoms with E-state index in [4.69, 9.17) is 4.74 Å². The average Bonchev–Trinajstić information content (AvgIpc) is 2.07. The Balaban J connectivity index is 2.85. The van der Waals surface area contributed by atoms with Crippen molar-refractivity contribution in [1.29, 1.82) is 0 Å². The second kappa shape index (κ2) is 3.71. The first kappa shape index (κ1) is 7.72. The summed E-state index contributed by atoms with van der Waals surface area (Å²) in [5, 5.41) is 0. The minimum absolute atomic E-state index is 0.842. The van der Waals surface area contributed by atoms with Crippen molar-refractivity contribution in [3.63, 3.8) is 0 Å². The molecule has 0 saturated carbocycles. The zero-order valence-electron chi connectivity index (χ0n) is 6.61. The molecule has 0 aliphatic rings. The van der Waals surface area contributed by atoms with E-state index in [0.29, 0.717) is 0 Å². The minimum atomic E-state index is 0.842. The van der Waals surface area contributed by atoms with Gasteiger partial charge in [0.25, 0.3) is 0 Å². The number of hydrogen-bond acceptors (Lipinski definition) is 3. The van der Waals surface area contributed by atoms with Crippen LogP contribution < -0.4 is 0 Å². The van der Waals surface area contributed by atoms with Gasteiger partial charge in [0.2, 0.25) is 0 Å².